The van der Waals surface area contributed by atoms with Crippen LogP contribution in [0.15, 0.2) is 0 Å². The maximum absolute atomic E-state index is 9.11. The number of hydrogen-bond donors (Lipinski definition) is 2. The van der Waals surface area contributed by atoms with E-state index in [2.05, 4.69) is 21.4 Å². The zero-order valence-electron chi connectivity index (χ0n) is 9.12. The molecule has 0 aliphatic heterocycles. The number of ether oxygens (including phenoxy) is 1. The van der Waals surface area contributed by atoms with Gasteiger partial charge in [-0.2, -0.15) is 5.48 Å². The lowest BCUT2D eigenvalue weighted by Gasteiger charge is -2.25. The van der Waals surface area contributed by atoms with Crippen LogP contribution in [0.25, 0.3) is 0 Å². The smallest absolute Gasteiger partial charge is 0.285 e. The fourth-order valence-corrected chi connectivity index (χ4v) is 2.27. The van der Waals surface area contributed by atoms with Crippen LogP contribution in [0, 0.1) is 5.92 Å². The van der Waals surface area contributed by atoms with Gasteiger partial charge in [-0.15, -0.1) is 0 Å². The lowest BCUT2D eigenvalue weighted by atomic mass is 9.89. The van der Waals surface area contributed by atoms with E-state index in [-0.39, 0.29) is 0 Å². The van der Waals surface area contributed by atoms with Crippen molar-refractivity contribution < 1.29 is 14.7 Å². The summed E-state index contributed by atoms with van der Waals surface area (Å²) in [6.45, 7) is 1.88. The van der Waals surface area contributed by atoms with Crippen molar-refractivity contribution in [2.45, 2.75) is 43.9 Å². The summed E-state index contributed by atoms with van der Waals surface area (Å²) in [4.78, 5) is 5.57. The van der Waals surface area contributed by atoms with Gasteiger partial charge in [-0.1, -0.05) is 15.9 Å². The van der Waals surface area contributed by atoms with Crippen LogP contribution in [-0.4, -0.2) is 29.6 Å². The third-order valence-electron chi connectivity index (χ3n) is 2.64. The van der Waals surface area contributed by atoms with Crippen molar-refractivity contribution in [2.75, 3.05) is 13.2 Å². The lowest BCUT2D eigenvalue weighted by molar-refractivity contribution is -0.288. The van der Waals surface area contributed by atoms with Crippen molar-refractivity contribution in [2.24, 2.45) is 5.92 Å². The largest absolute Gasteiger partial charge is 0.345 e. The zero-order valence-corrected chi connectivity index (χ0v) is 10.7. The summed E-state index contributed by atoms with van der Waals surface area (Å²) >= 11 is 3.62. The van der Waals surface area contributed by atoms with Crippen molar-refractivity contribution in [1.82, 2.24) is 5.48 Å². The number of aliphatic hydroxyl groups excluding tert-OH is 1. The third-order valence-corrected chi connectivity index (χ3v) is 3.56. The normalized spacial score (nSPS) is 29.0. The molecule has 5 heteroatoms. The highest BCUT2D eigenvalue weighted by Crippen LogP contribution is 2.28. The minimum Gasteiger partial charge on any atom is -0.345 e. The quantitative estimate of drug-likeness (QED) is 0.443. The second-order valence-corrected chi connectivity index (χ2v) is 5.14. The molecular formula is C10H20BrNO3. The van der Waals surface area contributed by atoms with E-state index in [9.17, 15) is 0 Å². The molecule has 1 saturated carbocycles. The number of hydrogen-bond acceptors (Lipinski definition) is 4. The molecule has 0 bridgehead atoms. The summed E-state index contributed by atoms with van der Waals surface area (Å²) < 4.78 is 4.81. The number of nitrogens with one attached hydrogen (secondary N) is 1. The molecule has 0 radical (unpaired) electrons. The standard InChI is InChI=1S/C10H20BrNO3/c1-2-14-10(13)15-12-7-8-3-5-9(11)6-4-8/h8-10,12-13H,2-7H2,1H3. The van der Waals surface area contributed by atoms with Crippen LogP contribution in [0.5, 0.6) is 0 Å². The molecule has 0 saturated heterocycles. The van der Waals surface area contributed by atoms with Crippen LogP contribution in [0.2, 0.25) is 0 Å². The van der Waals surface area contributed by atoms with Crippen LogP contribution in [0.1, 0.15) is 32.6 Å². The van der Waals surface area contributed by atoms with Gasteiger partial charge in [0.2, 0.25) is 0 Å². The van der Waals surface area contributed by atoms with Crippen LogP contribution in [0.4, 0.5) is 0 Å². The predicted molar refractivity (Wildman–Crippen MR) is 61.4 cm³/mol. The van der Waals surface area contributed by atoms with E-state index < -0.39 is 6.48 Å². The Labute approximate surface area is 99.4 Å². The Morgan fingerprint density at radius 2 is 2.07 bits per heavy atom. The molecule has 0 heterocycles. The first-order valence-corrected chi connectivity index (χ1v) is 6.46. The highest BCUT2D eigenvalue weighted by Gasteiger charge is 2.19. The van der Waals surface area contributed by atoms with Gasteiger partial charge in [-0.3, -0.25) is 0 Å². The lowest BCUT2D eigenvalue weighted by Crippen LogP contribution is -2.31. The average Bonchev–Trinajstić information content (AvgIpc) is 2.21. The predicted octanol–water partition coefficient (Wildman–Crippen LogP) is 1.77. The summed E-state index contributed by atoms with van der Waals surface area (Å²) in [5.74, 6) is 0.646. The van der Waals surface area contributed by atoms with Gasteiger partial charge >= 0.3 is 0 Å². The van der Waals surface area contributed by atoms with E-state index in [4.69, 9.17) is 14.7 Å². The Hall–Kier alpha value is 0.320. The second-order valence-electron chi connectivity index (χ2n) is 3.85. The summed E-state index contributed by atoms with van der Waals surface area (Å²) in [5.41, 5.74) is 2.76. The van der Waals surface area contributed by atoms with Gasteiger partial charge in [0.1, 0.15) is 0 Å². The van der Waals surface area contributed by atoms with Crippen molar-refractivity contribution in [1.29, 1.82) is 0 Å². The molecule has 0 aromatic heterocycles. The van der Waals surface area contributed by atoms with E-state index in [1.807, 2.05) is 6.92 Å². The van der Waals surface area contributed by atoms with Crippen molar-refractivity contribution in [3.8, 4) is 0 Å². The van der Waals surface area contributed by atoms with Gasteiger partial charge < -0.3 is 9.84 Å². The van der Waals surface area contributed by atoms with Crippen LogP contribution in [0.3, 0.4) is 0 Å². The molecule has 15 heavy (non-hydrogen) atoms. The summed E-state index contributed by atoms with van der Waals surface area (Å²) in [7, 11) is 0. The number of alkyl halides is 1. The number of aliphatic hydroxyl groups is 1. The maximum atomic E-state index is 9.11. The molecule has 1 rings (SSSR count). The highest BCUT2D eigenvalue weighted by atomic mass is 79.9. The zero-order chi connectivity index (χ0) is 11.1. The van der Waals surface area contributed by atoms with Gasteiger partial charge in [0.25, 0.3) is 6.48 Å². The van der Waals surface area contributed by atoms with E-state index in [1.54, 1.807) is 0 Å². The van der Waals surface area contributed by atoms with Crippen LogP contribution >= 0.6 is 15.9 Å². The van der Waals surface area contributed by atoms with Crippen LogP contribution < -0.4 is 5.48 Å². The molecule has 1 unspecified atom stereocenters. The van der Waals surface area contributed by atoms with Crippen LogP contribution in [-0.2, 0) is 9.57 Å². The molecule has 90 valence electrons. The topological polar surface area (TPSA) is 50.7 Å². The average molecular weight is 282 g/mol. The minimum atomic E-state index is -1.15. The minimum absolute atomic E-state index is 0.442. The van der Waals surface area contributed by atoms with Gasteiger partial charge in [0.05, 0.1) is 0 Å². The Kier molecular flexibility index (Phi) is 6.76. The second kappa shape index (κ2) is 7.57. The third kappa shape index (κ3) is 5.82. The van der Waals surface area contributed by atoms with Gasteiger partial charge in [-0.05, 0) is 38.5 Å². The number of rotatable bonds is 6. The number of halogens is 1. The van der Waals surface area contributed by atoms with Gasteiger partial charge in [-0.25, -0.2) is 4.84 Å². The van der Waals surface area contributed by atoms with Crippen molar-refractivity contribution in [3.63, 3.8) is 0 Å². The molecule has 0 spiro atoms. The number of hydroxylamine groups is 1. The highest BCUT2D eigenvalue weighted by molar-refractivity contribution is 9.09. The fourth-order valence-electron chi connectivity index (χ4n) is 1.74. The molecule has 0 aromatic carbocycles. The first-order chi connectivity index (χ1) is 7.22. The molecule has 4 nitrogen and oxygen atoms in total. The molecule has 0 amide bonds. The first-order valence-electron chi connectivity index (χ1n) is 5.54. The monoisotopic (exact) mass is 281 g/mol. The molecule has 0 aromatic rings. The Morgan fingerprint density at radius 1 is 1.40 bits per heavy atom. The Bertz CT molecular complexity index is 163. The Morgan fingerprint density at radius 3 is 2.67 bits per heavy atom. The molecule has 1 fully saturated rings. The molecule has 2 N–H and O–H groups in total. The molecule has 1 atom stereocenters. The summed E-state index contributed by atoms with van der Waals surface area (Å²) in [5, 5.41) is 9.11. The maximum Gasteiger partial charge on any atom is 0.285 e. The Balaban J connectivity index is 2.00. The van der Waals surface area contributed by atoms with E-state index >= 15 is 0 Å². The summed E-state index contributed by atoms with van der Waals surface area (Å²) in [6.07, 6.45) is 4.86. The molecule has 1 aliphatic rings. The van der Waals surface area contributed by atoms with E-state index in [0.29, 0.717) is 17.4 Å². The summed E-state index contributed by atoms with van der Waals surface area (Å²) in [6, 6.07) is 0. The SMILES string of the molecule is CCOC(O)ONCC1CCC(Br)CC1. The van der Waals surface area contributed by atoms with E-state index in [0.717, 1.165) is 6.54 Å². The fraction of sp³-hybridized carbons (Fsp3) is 1.00. The first kappa shape index (κ1) is 13.4. The molecule has 1 aliphatic carbocycles. The van der Waals surface area contributed by atoms with Crippen molar-refractivity contribution >= 4 is 15.9 Å². The van der Waals surface area contributed by atoms with Crippen molar-refractivity contribution in [3.05, 3.63) is 0 Å². The van der Waals surface area contributed by atoms with Gasteiger partial charge in [0.15, 0.2) is 0 Å². The van der Waals surface area contributed by atoms with Gasteiger partial charge in [0, 0.05) is 18.0 Å². The molecular weight excluding hydrogens is 262 g/mol. The van der Waals surface area contributed by atoms with E-state index in [1.165, 1.54) is 25.7 Å².